The summed E-state index contributed by atoms with van der Waals surface area (Å²) in [6, 6.07) is 5.19. The average molecular weight is 285 g/mol. The lowest BCUT2D eigenvalue weighted by Crippen LogP contribution is -2.05. The van der Waals surface area contributed by atoms with Crippen molar-refractivity contribution in [3.8, 4) is 0 Å². The van der Waals surface area contributed by atoms with E-state index in [0.29, 0.717) is 22.7 Å². The second-order valence-corrected chi connectivity index (χ2v) is 4.92. The summed E-state index contributed by atoms with van der Waals surface area (Å²) in [6.07, 6.45) is -3.00. The van der Waals surface area contributed by atoms with Crippen LogP contribution in [0, 0.1) is 0 Å². The fraction of sp³-hybridized carbons (Fsp3) is 0.231. The zero-order valence-electron chi connectivity index (χ0n) is 9.78. The number of thiazole rings is 1. The van der Waals surface area contributed by atoms with Crippen LogP contribution in [-0.4, -0.2) is 11.3 Å². The largest absolute Gasteiger partial charge is 0.416 e. The molecule has 0 N–H and O–H groups in total. The van der Waals surface area contributed by atoms with Gasteiger partial charge in [-0.05, 0) is 11.6 Å². The molecule has 1 aromatic carbocycles. The molecule has 1 heterocycles. The van der Waals surface area contributed by atoms with Crippen LogP contribution in [-0.2, 0) is 23.8 Å². The highest BCUT2D eigenvalue weighted by molar-refractivity contribution is 7.09. The Morgan fingerprint density at radius 3 is 2.79 bits per heavy atom. The number of alkyl halides is 3. The first kappa shape index (κ1) is 13.7. The third-order valence-electron chi connectivity index (χ3n) is 2.50. The minimum Gasteiger partial charge on any atom is -0.303 e. The quantitative estimate of drug-likeness (QED) is 0.805. The van der Waals surface area contributed by atoms with Crippen molar-refractivity contribution in [1.29, 1.82) is 0 Å². The standard InChI is InChI=1S/C13H10F3NOS/c14-13(15,16)10-3-1-2-9(6-10)7-12-17-11(4-5-18)8-19-12/h1-3,5-6,8H,4,7H2. The van der Waals surface area contributed by atoms with Gasteiger partial charge < -0.3 is 4.79 Å². The minimum atomic E-state index is -4.33. The SMILES string of the molecule is O=CCc1csc(Cc2cccc(C(F)(F)F)c2)n1. The summed E-state index contributed by atoms with van der Waals surface area (Å²) in [4.78, 5) is 14.5. The van der Waals surface area contributed by atoms with E-state index in [9.17, 15) is 18.0 Å². The summed E-state index contributed by atoms with van der Waals surface area (Å²) in [5, 5.41) is 2.45. The summed E-state index contributed by atoms with van der Waals surface area (Å²) >= 11 is 1.35. The third-order valence-corrected chi connectivity index (χ3v) is 3.40. The van der Waals surface area contributed by atoms with Crippen molar-refractivity contribution < 1.29 is 18.0 Å². The Hall–Kier alpha value is -1.69. The normalized spacial score (nSPS) is 11.5. The van der Waals surface area contributed by atoms with Gasteiger partial charge in [-0.1, -0.05) is 18.2 Å². The van der Waals surface area contributed by atoms with Crippen LogP contribution >= 0.6 is 11.3 Å². The molecule has 6 heteroatoms. The maximum atomic E-state index is 12.6. The predicted octanol–water partition coefficient (Wildman–Crippen LogP) is 3.49. The van der Waals surface area contributed by atoms with Crippen LogP contribution in [0.5, 0.6) is 0 Å². The lowest BCUT2D eigenvalue weighted by Gasteiger charge is -2.07. The Morgan fingerprint density at radius 1 is 1.32 bits per heavy atom. The zero-order valence-corrected chi connectivity index (χ0v) is 10.6. The summed E-state index contributed by atoms with van der Waals surface area (Å²) in [7, 11) is 0. The molecule has 0 aliphatic heterocycles. The molecule has 100 valence electrons. The number of nitrogens with zero attached hydrogens (tertiary/aromatic N) is 1. The van der Waals surface area contributed by atoms with Gasteiger partial charge in [0.05, 0.1) is 16.3 Å². The van der Waals surface area contributed by atoms with Crippen LogP contribution in [0.3, 0.4) is 0 Å². The molecular formula is C13H10F3NOS. The molecule has 0 spiro atoms. The van der Waals surface area contributed by atoms with Crippen LogP contribution in [0.15, 0.2) is 29.6 Å². The van der Waals surface area contributed by atoms with Gasteiger partial charge in [0.15, 0.2) is 0 Å². The summed E-state index contributed by atoms with van der Waals surface area (Å²) in [5.74, 6) is 0. The molecule has 0 radical (unpaired) electrons. The van der Waals surface area contributed by atoms with Crippen LogP contribution in [0.4, 0.5) is 13.2 Å². The van der Waals surface area contributed by atoms with Gasteiger partial charge in [0.1, 0.15) is 6.29 Å². The van der Waals surface area contributed by atoms with E-state index < -0.39 is 11.7 Å². The number of aromatic nitrogens is 1. The molecule has 2 aromatic rings. The van der Waals surface area contributed by atoms with Crippen LogP contribution in [0.1, 0.15) is 21.8 Å². The lowest BCUT2D eigenvalue weighted by atomic mass is 10.1. The van der Waals surface area contributed by atoms with E-state index in [2.05, 4.69) is 4.98 Å². The molecule has 2 nitrogen and oxygen atoms in total. The summed E-state index contributed by atoms with van der Waals surface area (Å²) < 4.78 is 37.7. The second-order valence-electron chi connectivity index (χ2n) is 3.98. The van der Waals surface area contributed by atoms with Crippen molar-refractivity contribution in [3.63, 3.8) is 0 Å². The van der Waals surface area contributed by atoms with Gasteiger partial charge in [0.25, 0.3) is 0 Å². The monoisotopic (exact) mass is 285 g/mol. The highest BCUT2D eigenvalue weighted by Gasteiger charge is 2.30. The van der Waals surface area contributed by atoms with Gasteiger partial charge >= 0.3 is 6.18 Å². The summed E-state index contributed by atoms with van der Waals surface area (Å²) in [6.45, 7) is 0. The van der Waals surface area contributed by atoms with E-state index in [4.69, 9.17) is 0 Å². The second kappa shape index (κ2) is 5.52. The molecule has 0 unspecified atom stereocenters. The average Bonchev–Trinajstić information content (AvgIpc) is 2.76. The first-order chi connectivity index (χ1) is 8.99. The van der Waals surface area contributed by atoms with E-state index >= 15 is 0 Å². The molecule has 1 aromatic heterocycles. The topological polar surface area (TPSA) is 30.0 Å². The van der Waals surface area contributed by atoms with Gasteiger partial charge in [-0.15, -0.1) is 11.3 Å². The molecule has 0 saturated carbocycles. The van der Waals surface area contributed by atoms with E-state index in [-0.39, 0.29) is 6.42 Å². The molecule has 0 atom stereocenters. The van der Waals surface area contributed by atoms with Crippen molar-refractivity contribution in [2.45, 2.75) is 19.0 Å². The summed E-state index contributed by atoms with van der Waals surface area (Å²) in [5.41, 5.74) is 0.554. The minimum absolute atomic E-state index is 0.235. The molecule has 0 aliphatic carbocycles. The Balaban J connectivity index is 2.16. The Bertz CT molecular complexity index is 577. The van der Waals surface area contributed by atoms with E-state index in [1.54, 1.807) is 11.4 Å². The van der Waals surface area contributed by atoms with Gasteiger partial charge in [-0.3, -0.25) is 0 Å². The number of aldehydes is 1. The van der Waals surface area contributed by atoms with E-state index in [1.807, 2.05) is 0 Å². The number of hydrogen-bond acceptors (Lipinski definition) is 3. The van der Waals surface area contributed by atoms with Crippen molar-refractivity contribution in [2.75, 3.05) is 0 Å². The molecule has 0 aliphatic rings. The highest BCUT2D eigenvalue weighted by atomic mass is 32.1. The molecule has 0 amide bonds. The third kappa shape index (κ3) is 3.64. The van der Waals surface area contributed by atoms with Gasteiger partial charge in [-0.2, -0.15) is 13.2 Å². The van der Waals surface area contributed by atoms with Crippen LogP contribution < -0.4 is 0 Å². The van der Waals surface area contributed by atoms with Gasteiger partial charge in [0.2, 0.25) is 0 Å². The number of carbonyl (C=O) groups excluding carboxylic acids is 1. The fourth-order valence-corrected chi connectivity index (χ4v) is 2.48. The van der Waals surface area contributed by atoms with Gasteiger partial charge in [-0.25, -0.2) is 4.98 Å². The molecule has 0 saturated heterocycles. The van der Waals surface area contributed by atoms with Crippen molar-refractivity contribution in [3.05, 3.63) is 51.5 Å². The highest BCUT2D eigenvalue weighted by Crippen LogP contribution is 2.30. The van der Waals surface area contributed by atoms with E-state index in [0.717, 1.165) is 18.4 Å². The molecule has 19 heavy (non-hydrogen) atoms. The maximum Gasteiger partial charge on any atom is 0.416 e. The van der Waals surface area contributed by atoms with Crippen LogP contribution in [0.2, 0.25) is 0 Å². The number of benzene rings is 1. The molecule has 0 fully saturated rings. The van der Waals surface area contributed by atoms with Crippen molar-refractivity contribution in [2.24, 2.45) is 0 Å². The molecule has 2 rings (SSSR count). The number of hydrogen-bond donors (Lipinski definition) is 0. The van der Waals surface area contributed by atoms with Gasteiger partial charge in [0, 0.05) is 18.2 Å². The first-order valence-electron chi connectivity index (χ1n) is 5.52. The Morgan fingerprint density at radius 2 is 2.11 bits per heavy atom. The maximum absolute atomic E-state index is 12.6. The molecular weight excluding hydrogens is 275 g/mol. The zero-order chi connectivity index (χ0) is 13.9. The van der Waals surface area contributed by atoms with Crippen molar-refractivity contribution >= 4 is 17.6 Å². The first-order valence-corrected chi connectivity index (χ1v) is 6.40. The Labute approximate surface area is 111 Å². The number of halogens is 3. The van der Waals surface area contributed by atoms with Crippen LogP contribution in [0.25, 0.3) is 0 Å². The Kier molecular flexibility index (Phi) is 3.99. The number of rotatable bonds is 4. The smallest absolute Gasteiger partial charge is 0.303 e. The van der Waals surface area contributed by atoms with E-state index in [1.165, 1.54) is 17.4 Å². The van der Waals surface area contributed by atoms with Crippen molar-refractivity contribution in [1.82, 2.24) is 4.98 Å². The molecule has 0 bridgehead atoms. The fourth-order valence-electron chi connectivity index (χ4n) is 1.64. The predicted molar refractivity (Wildman–Crippen MR) is 66.1 cm³/mol. The lowest BCUT2D eigenvalue weighted by molar-refractivity contribution is -0.137. The number of carbonyl (C=O) groups is 1.